The fourth-order valence-corrected chi connectivity index (χ4v) is 3.79. The Morgan fingerprint density at radius 2 is 1.71 bits per heavy atom. The Hall–Kier alpha value is -0.803. The van der Waals surface area contributed by atoms with Gasteiger partial charge in [0.05, 0.1) is 15.2 Å². The highest BCUT2D eigenvalue weighted by molar-refractivity contribution is 6.76. The van der Waals surface area contributed by atoms with Crippen molar-refractivity contribution in [1.29, 1.82) is 0 Å². The Bertz CT molecular complexity index is 342. The molecule has 0 heterocycles. The summed E-state index contributed by atoms with van der Waals surface area (Å²) in [5.74, 6) is 0.925. The fraction of sp³-hybridized carbons (Fsp3) is 0.571. The highest BCUT2D eigenvalue weighted by atomic mass is 28.3. The second-order valence-corrected chi connectivity index (χ2v) is 11.4. The monoisotopic (exact) mass is 251 g/mol. The lowest BCUT2D eigenvalue weighted by atomic mass is 10.1. The van der Waals surface area contributed by atoms with E-state index in [-0.39, 0.29) is 0 Å². The average Bonchev–Trinajstić information content (AvgIpc) is 2.26. The first-order valence-corrected chi connectivity index (χ1v) is 9.88. The zero-order chi connectivity index (χ0) is 13.1. The summed E-state index contributed by atoms with van der Waals surface area (Å²) in [6, 6.07) is 8.85. The molecular weight excluding hydrogens is 226 g/mol. The van der Waals surface area contributed by atoms with Crippen molar-refractivity contribution in [3.8, 4) is 5.75 Å². The molecule has 17 heavy (non-hydrogen) atoms. The van der Waals surface area contributed by atoms with Crippen molar-refractivity contribution < 1.29 is 4.74 Å². The predicted molar refractivity (Wildman–Crippen MR) is 77.4 cm³/mol. The largest absolute Gasteiger partial charge is 0.497 e. The first-order chi connectivity index (χ1) is 7.83. The van der Waals surface area contributed by atoms with Crippen molar-refractivity contribution in [2.45, 2.75) is 32.6 Å². The predicted octanol–water partition coefficient (Wildman–Crippen LogP) is 3.57. The smallest absolute Gasteiger partial charge is 0.118 e. The van der Waals surface area contributed by atoms with Gasteiger partial charge in [-0.2, -0.15) is 0 Å². The lowest BCUT2D eigenvalue weighted by molar-refractivity contribution is 0.299. The number of nitrogens with zero attached hydrogens (tertiary/aromatic N) is 1. The van der Waals surface area contributed by atoms with Gasteiger partial charge < -0.3 is 9.64 Å². The number of hydrogen-bond donors (Lipinski definition) is 0. The van der Waals surface area contributed by atoms with Gasteiger partial charge in [-0.15, -0.1) is 0 Å². The van der Waals surface area contributed by atoms with Gasteiger partial charge >= 0.3 is 0 Å². The van der Waals surface area contributed by atoms with E-state index in [2.05, 4.69) is 50.6 Å². The summed E-state index contributed by atoms with van der Waals surface area (Å²) >= 11 is 0. The third-order valence-electron chi connectivity index (χ3n) is 2.98. The van der Waals surface area contributed by atoms with E-state index in [1.54, 1.807) is 7.11 Å². The molecule has 1 unspecified atom stereocenters. The van der Waals surface area contributed by atoms with Crippen LogP contribution in [0.2, 0.25) is 19.6 Å². The number of ether oxygens (including phenoxy) is 1. The zero-order valence-electron chi connectivity index (χ0n) is 11.9. The number of methoxy groups -OCH3 is 1. The first-order valence-electron chi connectivity index (χ1n) is 6.17. The lowest BCUT2D eigenvalue weighted by Crippen LogP contribution is -2.39. The quantitative estimate of drug-likeness (QED) is 0.742. The molecule has 0 N–H and O–H groups in total. The SMILES string of the molecule is COc1ccc(C(C)N(C)C[Si](C)(C)C)cc1. The zero-order valence-corrected chi connectivity index (χ0v) is 12.9. The van der Waals surface area contributed by atoms with Gasteiger partial charge in [0.1, 0.15) is 5.75 Å². The molecule has 1 atom stereocenters. The van der Waals surface area contributed by atoms with Crippen LogP contribution >= 0.6 is 0 Å². The first kappa shape index (κ1) is 14.3. The molecule has 96 valence electrons. The Kier molecular flexibility index (Phi) is 4.77. The van der Waals surface area contributed by atoms with Crippen LogP contribution in [-0.4, -0.2) is 33.3 Å². The normalized spacial score (nSPS) is 13.8. The van der Waals surface area contributed by atoms with Gasteiger partial charge in [0.25, 0.3) is 0 Å². The molecular formula is C14H25NOSi. The Balaban J connectivity index is 2.71. The molecule has 2 nitrogen and oxygen atoms in total. The molecule has 0 aliphatic heterocycles. The summed E-state index contributed by atoms with van der Waals surface area (Å²) < 4.78 is 5.18. The van der Waals surface area contributed by atoms with Crippen LogP contribution in [0.4, 0.5) is 0 Å². The molecule has 0 saturated carbocycles. The fourth-order valence-electron chi connectivity index (χ4n) is 2.02. The van der Waals surface area contributed by atoms with Crippen LogP contribution in [0.1, 0.15) is 18.5 Å². The maximum absolute atomic E-state index is 5.18. The standard InChI is InChI=1S/C14H25NOSi/c1-12(15(2)11-17(4,5)6)13-7-9-14(16-3)10-8-13/h7-10,12H,11H2,1-6H3. The summed E-state index contributed by atoms with van der Waals surface area (Å²) in [7, 11) is 2.89. The minimum Gasteiger partial charge on any atom is -0.497 e. The van der Waals surface area contributed by atoms with E-state index in [9.17, 15) is 0 Å². The van der Waals surface area contributed by atoms with Gasteiger partial charge in [-0.05, 0) is 37.8 Å². The molecule has 1 aromatic carbocycles. The maximum atomic E-state index is 5.18. The van der Waals surface area contributed by atoms with Crippen molar-refractivity contribution in [2.75, 3.05) is 20.3 Å². The molecule has 0 aliphatic rings. The van der Waals surface area contributed by atoms with Crippen LogP contribution in [-0.2, 0) is 0 Å². The minimum atomic E-state index is -1.03. The highest BCUT2D eigenvalue weighted by Crippen LogP contribution is 2.22. The van der Waals surface area contributed by atoms with Crippen LogP contribution in [0.25, 0.3) is 0 Å². The molecule has 0 aromatic heterocycles. The molecule has 0 spiro atoms. The minimum absolute atomic E-state index is 0.465. The van der Waals surface area contributed by atoms with E-state index in [4.69, 9.17) is 4.74 Å². The molecule has 0 fully saturated rings. The number of rotatable bonds is 5. The van der Waals surface area contributed by atoms with Gasteiger partial charge in [-0.3, -0.25) is 0 Å². The van der Waals surface area contributed by atoms with E-state index < -0.39 is 8.07 Å². The number of hydrogen-bond acceptors (Lipinski definition) is 2. The van der Waals surface area contributed by atoms with Crippen LogP contribution in [0.15, 0.2) is 24.3 Å². The molecule has 0 radical (unpaired) electrons. The van der Waals surface area contributed by atoms with Crippen LogP contribution in [0, 0.1) is 0 Å². The molecule has 1 rings (SSSR count). The van der Waals surface area contributed by atoms with Crippen molar-refractivity contribution in [2.24, 2.45) is 0 Å². The summed E-state index contributed by atoms with van der Waals surface area (Å²) in [5.41, 5.74) is 1.35. The summed E-state index contributed by atoms with van der Waals surface area (Å²) in [6.45, 7) is 9.49. The van der Waals surface area contributed by atoms with E-state index in [0.29, 0.717) is 6.04 Å². The van der Waals surface area contributed by atoms with Gasteiger partial charge in [-0.25, -0.2) is 0 Å². The van der Waals surface area contributed by atoms with Gasteiger partial charge in [0.2, 0.25) is 0 Å². The van der Waals surface area contributed by atoms with Crippen LogP contribution in [0.3, 0.4) is 0 Å². The molecule has 1 aromatic rings. The summed E-state index contributed by atoms with van der Waals surface area (Å²) in [5, 5.41) is 0. The van der Waals surface area contributed by atoms with Gasteiger partial charge in [0, 0.05) is 6.04 Å². The Labute approximate surface area is 107 Å². The summed E-state index contributed by atoms with van der Waals surface area (Å²) in [6.07, 6.45) is 1.22. The van der Waals surface area contributed by atoms with Crippen molar-refractivity contribution in [3.63, 3.8) is 0 Å². The molecule has 0 aliphatic carbocycles. The second kappa shape index (κ2) is 5.69. The van der Waals surface area contributed by atoms with Crippen LogP contribution < -0.4 is 4.74 Å². The molecule has 0 amide bonds. The van der Waals surface area contributed by atoms with E-state index in [0.717, 1.165) is 5.75 Å². The summed E-state index contributed by atoms with van der Waals surface area (Å²) in [4.78, 5) is 2.45. The maximum Gasteiger partial charge on any atom is 0.118 e. The van der Waals surface area contributed by atoms with Crippen molar-refractivity contribution >= 4 is 8.07 Å². The third kappa shape index (κ3) is 4.52. The lowest BCUT2D eigenvalue weighted by Gasteiger charge is -2.30. The van der Waals surface area contributed by atoms with Gasteiger partial charge in [-0.1, -0.05) is 31.8 Å². The van der Waals surface area contributed by atoms with Crippen molar-refractivity contribution in [3.05, 3.63) is 29.8 Å². The van der Waals surface area contributed by atoms with E-state index >= 15 is 0 Å². The molecule has 0 saturated heterocycles. The molecule has 0 bridgehead atoms. The second-order valence-electron chi connectivity index (χ2n) is 5.92. The topological polar surface area (TPSA) is 12.5 Å². The average molecular weight is 251 g/mol. The van der Waals surface area contributed by atoms with Crippen molar-refractivity contribution in [1.82, 2.24) is 4.90 Å². The van der Waals surface area contributed by atoms with Gasteiger partial charge in [0.15, 0.2) is 0 Å². The highest BCUT2D eigenvalue weighted by Gasteiger charge is 2.20. The Morgan fingerprint density at radius 3 is 2.12 bits per heavy atom. The van der Waals surface area contributed by atoms with E-state index in [1.165, 1.54) is 11.7 Å². The Morgan fingerprint density at radius 1 is 1.18 bits per heavy atom. The number of benzene rings is 1. The van der Waals surface area contributed by atoms with E-state index in [1.807, 2.05) is 12.1 Å². The van der Waals surface area contributed by atoms with Crippen LogP contribution in [0.5, 0.6) is 5.75 Å². The molecule has 3 heteroatoms. The third-order valence-corrected chi connectivity index (χ3v) is 4.43.